The fourth-order valence-corrected chi connectivity index (χ4v) is 1.53. The van der Waals surface area contributed by atoms with E-state index in [4.69, 9.17) is 0 Å². The van der Waals surface area contributed by atoms with Gasteiger partial charge in [0.2, 0.25) is 0 Å². The number of halogens is 3. The Morgan fingerprint density at radius 1 is 1.12 bits per heavy atom. The molecule has 0 aliphatic heterocycles. The number of hydrogen-bond donors (Lipinski definition) is 0. The summed E-state index contributed by atoms with van der Waals surface area (Å²) in [6, 6.07) is 5.61. The van der Waals surface area contributed by atoms with E-state index in [1.165, 1.54) is 12.1 Å². The predicted octanol–water partition coefficient (Wildman–Crippen LogP) is 4.93. The van der Waals surface area contributed by atoms with Crippen molar-refractivity contribution in [1.82, 2.24) is 0 Å². The predicted molar refractivity (Wildman–Crippen MR) is 63.8 cm³/mol. The van der Waals surface area contributed by atoms with E-state index in [-0.39, 0.29) is 5.41 Å². The van der Waals surface area contributed by atoms with Crippen molar-refractivity contribution in [1.29, 1.82) is 0 Å². The molecule has 0 aliphatic carbocycles. The molecule has 1 rings (SSSR count). The Kier molecular flexibility index (Phi) is 3.90. The van der Waals surface area contributed by atoms with E-state index in [1.807, 2.05) is 0 Å². The van der Waals surface area contributed by atoms with Gasteiger partial charge in [-0.15, -0.1) is 0 Å². The highest BCUT2D eigenvalue weighted by molar-refractivity contribution is 5.26. The number of benzene rings is 1. The summed E-state index contributed by atoms with van der Waals surface area (Å²) in [6.45, 7) is 8.38. The summed E-state index contributed by atoms with van der Waals surface area (Å²) >= 11 is 0. The van der Waals surface area contributed by atoms with Crippen LogP contribution in [-0.4, -0.2) is 0 Å². The third-order valence-electron chi connectivity index (χ3n) is 3.27. The molecule has 0 spiro atoms. The van der Waals surface area contributed by atoms with Gasteiger partial charge >= 0.3 is 6.18 Å². The van der Waals surface area contributed by atoms with Crippen LogP contribution in [0.4, 0.5) is 13.2 Å². The maximum atomic E-state index is 12.5. The molecule has 0 bridgehead atoms. The molecule has 1 unspecified atom stereocenters. The Labute approximate surface area is 101 Å². The quantitative estimate of drug-likeness (QED) is 0.692. The molecule has 17 heavy (non-hydrogen) atoms. The molecule has 1 aromatic carbocycles. The monoisotopic (exact) mass is 244 g/mol. The van der Waals surface area contributed by atoms with Crippen molar-refractivity contribution < 1.29 is 13.2 Å². The Morgan fingerprint density at radius 3 is 2.18 bits per heavy atom. The maximum absolute atomic E-state index is 12.5. The van der Waals surface area contributed by atoms with Gasteiger partial charge in [0.05, 0.1) is 5.56 Å². The molecule has 3 heteroatoms. The Morgan fingerprint density at radius 2 is 1.71 bits per heavy atom. The number of rotatable bonds is 2. The summed E-state index contributed by atoms with van der Waals surface area (Å²) in [7, 11) is 0. The molecule has 0 aromatic heterocycles. The zero-order chi connectivity index (χ0) is 13.3. The van der Waals surface area contributed by atoms with Crippen LogP contribution in [0.15, 0.2) is 24.3 Å². The molecule has 0 aliphatic rings. The molecule has 96 valence electrons. The minimum atomic E-state index is -4.25. The highest BCUT2D eigenvalue weighted by Gasteiger charge is 2.30. The van der Waals surface area contributed by atoms with Crippen molar-refractivity contribution in [2.75, 3.05) is 0 Å². The van der Waals surface area contributed by atoms with Gasteiger partial charge in [-0.2, -0.15) is 13.2 Å². The molecule has 0 nitrogen and oxygen atoms in total. The van der Waals surface area contributed by atoms with Gasteiger partial charge < -0.3 is 0 Å². The molecule has 0 radical (unpaired) electrons. The standard InChI is InChI=1S/C14H19F3/c1-10(13(2,3)4)8-11-6-5-7-12(9-11)14(15,16)17/h5-7,9-10H,8H2,1-4H3. The first-order valence-corrected chi connectivity index (χ1v) is 5.77. The topological polar surface area (TPSA) is 0 Å². The second-order valence-electron chi connectivity index (χ2n) is 5.67. The summed E-state index contributed by atoms with van der Waals surface area (Å²) in [5, 5.41) is 0. The third-order valence-corrected chi connectivity index (χ3v) is 3.27. The van der Waals surface area contributed by atoms with Gasteiger partial charge in [0.25, 0.3) is 0 Å². The van der Waals surface area contributed by atoms with Gasteiger partial charge in [0.15, 0.2) is 0 Å². The zero-order valence-corrected chi connectivity index (χ0v) is 10.7. The molecule has 0 saturated heterocycles. The lowest BCUT2D eigenvalue weighted by Gasteiger charge is -2.27. The highest BCUT2D eigenvalue weighted by atomic mass is 19.4. The highest BCUT2D eigenvalue weighted by Crippen LogP contribution is 2.32. The van der Waals surface area contributed by atoms with Gasteiger partial charge in [-0.3, -0.25) is 0 Å². The van der Waals surface area contributed by atoms with Crippen LogP contribution in [0.3, 0.4) is 0 Å². The molecular formula is C14H19F3. The largest absolute Gasteiger partial charge is 0.416 e. The fourth-order valence-electron chi connectivity index (χ4n) is 1.53. The molecule has 0 amide bonds. The van der Waals surface area contributed by atoms with E-state index in [0.717, 1.165) is 11.6 Å². The summed E-state index contributed by atoms with van der Waals surface area (Å²) in [5.41, 5.74) is 0.298. The van der Waals surface area contributed by atoms with Gasteiger partial charge in [-0.25, -0.2) is 0 Å². The van der Waals surface area contributed by atoms with Gasteiger partial charge in [0, 0.05) is 0 Å². The molecule has 1 aromatic rings. The second-order valence-corrected chi connectivity index (χ2v) is 5.67. The maximum Gasteiger partial charge on any atom is 0.416 e. The van der Waals surface area contributed by atoms with Crippen molar-refractivity contribution >= 4 is 0 Å². The Balaban J connectivity index is 2.87. The average Bonchev–Trinajstić information content (AvgIpc) is 2.15. The van der Waals surface area contributed by atoms with Crippen LogP contribution < -0.4 is 0 Å². The third kappa shape index (κ3) is 4.06. The zero-order valence-electron chi connectivity index (χ0n) is 10.7. The first-order valence-electron chi connectivity index (χ1n) is 5.77. The van der Waals surface area contributed by atoms with E-state index in [0.29, 0.717) is 12.3 Å². The fraction of sp³-hybridized carbons (Fsp3) is 0.571. The molecule has 0 N–H and O–H groups in total. The van der Waals surface area contributed by atoms with E-state index in [2.05, 4.69) is 27.7 Å². The van der Waals surface area contributed by atoms with Gasteiger partial charge in [0.1, 0.15) is 0 Å². The van der Waals surface area contributed by atoms with E-state index < -0.39 is 11.7 Å². The average molecular weight is 244 g/mol. The van der Waals surface area contributed by atoms with Crippen LogP contribution in [0, 0.1) is 11.3 Å². The Bertz CT molecular complexity index is 372. The molecule has 0 saturated carbocycles. The van der Waals surface area contributed by atoms with E-state index in [1.54, 1.807) is 6.07 Å². The second kappa shape index (κ2) is 4.71. The summed E-state index contributed by atoms with van der Waals surface area (Å²) < 4.78 is 37.6. The minimum absolute atomic E-state index is 0.105. The lowest BCUT2D eigenvalue weighted by atomic mass is 9.78. The lowest BCUT2D eigenvalue weighted by molar-refractivity contribution is -0.137. The van der Waals surface area contributed by atoms with Crippen molar-refractivity contribution in [3.05, 3.63) is 35.4 Å². The van der Waals surface area contributed by atoms with Crippen molar-refractivity contribution in [2.24, 2.45) is 11.3 Å². The van der Waals surface area contributed by atoms with Crippen molar-refractivity contribution in [2.45, 2.75) is 40.3 Å². The summed E-state index contributed by atoms with van der Waals surface area (Å²) in [6.07, 6.45) is -3.57. The van der Waals surface area contributed by atoms with Crippen LogP contribution in [0.2, 0.25) is 0 Å². The molecular weight excluding hydrogens is 225 g/mol. The summed E-state index contributed by atoms with van der Waals surface area (Å²) in [5.74, 6) is 0.339. The number of hydrogen-bond acceptors (Lipinski definition) is 0. The smallest absolute Gasteiger partial charge is 0.166 e. The van der Waals surface area contributed by atoms with Gasteiger partial charge in [-0.1, -0.05) is 45.9 Å². The van der Waals surface area contributed by atoms with Crippen molar-refractivity contribution in [3.63, 3.8) is 0 Å². The SMILES string of the molecule is CC(Cc1cccc(C(F)(F)F)c1)C(C)(C)C. The number of alkyl halides is 3. The van der Waals surface area contributed by atoms with Gasteiger partial charge in [-0.05, 0) is 29.4 Å². The van der Waals surface area contributed by atoms with Crippen LogP contribution >= 0.6 is 0 Å². The normalized spacial score (nSPS) is 14.8. The first-order chi connectivity index (χ1) is 7.60. The molecule has 0 fully saturated rings. The first kappa shape index (κ1) is 14.1. The molecule has 0 heterocycles. The minimum Gasteiger partial charge on any atom is -0.166 e. The van der Waals surface area contributed by atoms with Crippen LogP contribution in [0.25, 0.3) is 0 Å². The van der Waals surface area contributed by atoms with Crippen LogP contribution in [0.1, 0.15) is 38.8 Å². The van der Waals surface area contributed by atoms with E-state index >= 15 is 0 Å². The van der Waals surface area contributed by atoms with Crippen molar-refractivity contribution in [3.8, 4) is 0 Å². The summed E-state index contributed by atoms with van der Waals surface area (Å²) in [4.78, 5) is 0. The Hall–Kier alpha value is -0.990. The van der Waals surface area contributed by atoms with Crippen LogP contribution in [0.5, 0.6) is 0 Å². The lowest BCUT2D eigenvalue weighted by Crippen LogP contribution is -2.19. The van der Waals surface area contributed by atoms with E-state index in [9.17, 15) is 13.2 Å². The molecule has 1 atom stereocenters. The van der Waals surface area contributed by atoms with Crippen LogP contribution in [-0.2, 0) is 12.6 Å².